The van der Waals surface area contributed by atoms with Gasteiger partial charge in [0.05, 0.1) is 11.3 Å². The summed E-state index contributed by atoms with van der Waals surface area (Å²) in [6.45, 7) is -0.336. The van der Waals surface area contributed by atoms with E-state index in [9.17, 15) is 14.4 Å². The van der Waals surface area contributed by atoms with Gasteiger partial charge in [-0.3, -0.25) is 9.59 Å². The topological polar surface area (TPSA) is 83.9 Å². The number of carboxylic acid groups (broad SMARTS) is 1. The number of amides is 2. The van der Waals surface area contributed by atoms with Gasteiger partial charge in [-0.1, -0.05) is 0 Å². The molecule has 0 unspecified atom stereocenters. The second-order valence-corrected chi connectivity index (χ2v) is 4.44. The van der Waals surface area contributed by atoms with Crippen LogP contribution in [0, 0.1) is 0 Å². The van der Waals surface area contributed by atoms with E-state index in [2.05, 4.69) is 15.9 Å². The number of rotatable bonds is 2. The van der Waals surface area contributed by atoms with E-state index in [0.29, 0.717) is 10.2 Å². The molecule has 18 heavy (non-hydrogen) atoms. The number of benzene rings is 1. The molecule has 0 saturated carbocycles. The summed E-state index contributed by atoms with van der Waals surface area (Å²) in [5.41, 5.74) is 0.386. The molecule has 2 rings (SSSR count). The van der Waals surface area contributed by atoms with Crippen molar-refractivity contribution in [3.63, 3.8) is 0 Å². The largest absolute Gasteiger partial charge is 0.478 e. The summed E-state index contributed by atoms with van der Waals surface area (Å²) in [4.78, 5) is 35.0. The maximum absolute atomic E-state index is 11.6. The maximum Gasteiger partial charge on any atom is 0.335 e. The first-order valence-corrected chi connectivity index (χ1v) is 5.76. The van der Waals surface area contributed by atoms with Crippen molar-refractivity contribution in [3.8, 4) is 0 Å². The quantitative estimate of drug-likeness (QED) is 0.825. The van der Waals surface area contributed by atoms with Crippen molar-refractivity contribution >= 4 is 39.4 Å². The summed E-state index contributed by atoms with van der Waals surface area (Å²) >= 11 is 3.16. The molecule has 6 nitrogen and oxygen atoms in total. The van der Waals surface area contributed by atoms with E-state index in [0.717, 1.165) is 4.90 Å². The van der Waals surface area contributed by atoms with Gasteiger partial charge in [0.2, 0.25) is 0 Å². The highest BCUT2D eigenvalue weighted by Gasteiger charge is 2.29. The summed E-state index contributed by atoms with van der Waals surface area (Å²) in [5, 5.41) is 8.83. The fourth-order valence-corrected chi connectivity index (χ4v) is 2.14. The van der Waals surface area contributed by atoms with Crippen LogP contribution in [0.5, 0.6) is 0 Å². The van der Waals surface area contributed by atoms with E-state index < -0.39 is 17.8 Å². The third-order valence-corrected chi connectivity index (χ3v) is 3.02. The molecule has 1 heterocycles. The van der Waals surface area contributed by atoms with Crippen LogP contribution in [0.3, 0.4) is 0 Å². The number of imide groups is 1. The normalized spacial score (nSPS) is 15.9. The Hall–Kier alpha value is -1.73. The number of morpholine rings is 1. The average molecular weight is 314 g/mol. The number of nitrogens with zero attached hydrogens (tertiary/aromatic N) is 1. The minimum atomic E-state index is -1.08. The average Bonchev–Trinajstić information content (AvgIpc) is 2.30. The Morgan fingerprint density at radius 3 is 2.39 bits per heavy atom. The Kier molecular flexibility index (Phi) is 3.44. The predicted molar refractivity (Wildman–Crippen MR) is 64.4 cm³/mol. The van der Waals surface area contributed by atoms with Crippen molar-refractivity contribution in [2.24, 2.45) is 0 Å². The number of aromatic carboxylic acids is 1. The number of hydrogen-bond acceptors (Lipinski definition) is 4. The minimum Gasteiger partial charge on any atom is -0.478 e. The molecule has 0 spiro atoms. The van der Waals surface area contributed by atoms with E-state index >= 15 is 0 Å². The van der Waals surface area contributed by atoms with E-state index in [1.165, 1.54) is 18.2 Å². The molecule has 1 saturated heterocycles. The maximum atomic E-state index is 11.6. The lowest BCUT2D eigenvalue weighted by Gasteiger charge is -2.25. The van der Waals surface area contributed by atoms with Crippen LogP contribution in [0.25, 0.3) is 0 Å². The second kappa shape index (κ2) is 4.87. The van der Waals surface area contributed by atoms with Gasteiger partial charge >= 0.3 is 5.97 Å². The van der Waals surface area contributed by atoms with Crippen LogP contribution in [0.1, 0.15) is 10.4 Å². The van der Waals surface area contributed by atoms with Crippen LogP contribution in [-0.4, -0.2) is 36.1 Å². The van der Waals surface area contributed by atoms with Crippen LogP contribution < -0.4 is 4.90 Å². The molecule has 0 aliphatic carbocycles. The van der Waals surface area contributed by atoms with Gasteiger partial charge in [0.1, 0.15) is 13.2 Å². The second-order valence-electron chi connectivity index (χ2n) is 3.59. The number of carboxylic acids is 1. The zero-order valence-electron chi connectivity index (χ0n) is 9.05. The molecule has 1 aliphatic rings. The molecule has 0 radical (unpaired) electrons. The molecule has 2 amide bonds. The summed E-state index contributed by atoms with van der Waals surface area (Å²) < 4.78 is 5.16. The summed E-state index contributed by atoms with van der Waals surface area (Å²) in [7, 11) is 0. The van der Waals surface area contributed by atoms with Crippen LogP contribution in [0.4, 0.5) is 5.69 Å². The molecule has 0 bridgehead atoms. The fourth-order valence-electron chi connectivity index (χ4n) is 1.58. The van der Waals surface area contributed by atoms with Gasteiger partial charge in [-0.2, -0.15) is 0 Å². The van der Waals surface area contributed by atoms with Gasteiger partial charge in [0.15, 0.2) is 0 Å². The van der Waals surface area contributed by atoms with Crippen molar-refractivity contribution in [1.82, 2.24) is 0 Å². The molecule has 1 aromatic rings. The molecule has 1 aliphatic heterocycles. The lowest BCUT2D eigenvalue weighted by Crippen LogP contribution is -2.46. The lowest BCUT2D eigenvalue weighted by molar-refractivity contribution is -0.138. The summed E-state index contributed by atoms with van der Waals surface area (Å²) in [5.74, 6) is -2.04. The highest BCUT2D eigenvalue weighted by atomic mass is 79.9. The lowest BCUT2D eigenvalue weighted by atomic mass is 10.2. The molecule has 0 aromatic heterocycles. The Morgan fingerprint density at radius 1 is 1.28 bits per heavy atom. The summed E-state index contributed by atoms with van der Waals surface area (Å²) in [6.07, 6.45) is 0. The number of carbonyl (C=O) groups excluding carboxylic acids is 2. The van der Waals surface area contributed by atoms with Gasteiger partial charge in [0.25, 0.3) is 11.8 Å². The standard InChI is InChI=1S/C11H8BrNO5/c12-7-3-6(11(16)17)1-2-8(7)13-9(14)4-18-5-10(13)15/h1-3H,4-5H2,(H,16,17). The third kappa shape index (κ3) is 2.27. The number of halogens is 1. The first kappa shape index (κ1) is 12.7. The molecular formula is C11H8BrNO5. The van der Waals surface area contributed by atoms with E-state index in [4.69, 9.17) is 9.84 Å². The predicted octanol–water partition coefficient (Wildman–Crippen LogP) is 1.04. The summed E-state index contributed by atoms with van der Waals surface area (Å²) in [6, 6.07) is 4.08. The molecule has 0 atom stereocenters. The van der Waals surface area contributed by atoms with Gasteiger partial charge in [-0.15, -0.1) is 0 Å². The first-order valence-electron chi connectivity index (χ1n) is 4.97. The number of anilines is 1. The number of hydrogen-bond donors (Lipinski definition) is 1. The Morgan fingerprint density at radius 2 is 1.89 bits per heavy atom. The Labute approximate surface area is 110 Å². The van der Waals surface area contributed by atoms with Gasteiger partial charge < -0.3 is 9.84 Å². The van der Waals surface area contributed by atoms with Crippen molar-refractivity contribution in [2.75, 3.05) is 18.1 Å². The highest BCUT2D eigenvalue weighted by Crippen LogP contribution is 2.28. The van der Waals surface area contributed by atoms with Gasteiger partial charge in [0, 0.05) is 4.47 Å². The van der Waals surface area contributed by atoms with Crippen LogP contribution in [0.2, 0.25) is 0 Å². The molecule has 7 heteroatoms. The molecular weight excluding hydrogens is 306 g/mol. The molecule has 1 N–H and O–H groups in total. The first-order chi connectivity index (χ1) is 8.50. The van der Waals surface area contributed by atoms with Crippen molar-refractivity contribution in [3.05, 3.63) is 28.2 Å². The molecule has 94 valence electrons. The SMILES string of the molecule is O=C(O)c1ccc(N2C(=O)COCC2=O)c(Br)c1. The van der Waals surface area contributed by atoms with Gasteiger partial charge in [-0.25, -0.2) is 9.69 Å². The van der Waals surface area contributed by atoms with E-state index in [1.54, 1.807) is 0 Å². The van der Waals surface area contributed by atoms with Crippen LogP contribution in [0.15, 0.2) is 22.7 Å². The van der Waals surface area contributed by atoms with E-state index in [-0.39, 0.29) is 18.8 Å². The fraction of sp³-hybridized carbons (Fsp3) is 0.182. The van der Waals surface area contributed by atoms with E-state index in [1.807, 2.05) is 0 Å². The number of ether oxygens (including phenoxy) is 1. The smallest absolute Gasteiger partial charge is 0.335 e. The minimum absolute atomic E-state index is 0.0683. The van der Waals surface area contributed by atoms with Crippen LogP contribution >= 0.6 is 15.9 Å². The van der Waals surface area contributed by atoms with Crippen molar-refractivity contribution in [1.29, 1.82) is 0 Å². The monoisotopic (exact) mass is 313 g/mol. The zero-order valence-corrected chi connectivity index (χ0v) is 10.6. The molecule has 1 aromatic carbocycles. The van der Waals surface area contributed by atoms with Crippen molar-refractivity contribution in [2.45, 2.75) is 0 Å². The van der Waals surface area contributed by atoms with Gasteiger partial charge in [-0.05, 0) is 34.1 Å². The third-order valence-electron chi connectivity index (χ3n) is 2.39. The Bertz CT molecular complexity index is 526. The van der Waals surface area contributed by atoms with Crippen molar-refractivity contribution < 1.29 is 24.2 Å². The zero-order chi connectivity index (χ0) is 13.3. The number of carbonyl (C=O) groups is 3. The van der Waals surface area contributed by atoms with Crippen LogP contribution in [-0.2, 0) is 14.3 Å². The highest BCUT2D eigenvalue weighted by molar-refractivity contribution is 9.10. The molecule has 1 fully saturated rings. The Balaban J connectivity index is 2.41.